The van der Waals surface area contributed by atoms with Gasteiger partial charge in [0.25, 0.3) is 0 Å². The van der Waals surface area contributed by atoms with Gasteiger partial charge >= 0.3 is 6.01 Å². The first-order valence-corrected chi connectivity index (χ1v) is 18.4. The van der Waals surface area contributed by atoms with Gasteiger partial charge in [0.05, 0.1) is 46.9 Å². The minimum atomic E-state index is -0.650. The molecule has 4 aromatic rings. The van der Waals surface area contributed by atoms with Crippen molar-refractivity contribution in [2.24, 2.45) is 0 Å². The molecule has 3 fully saturated rings. The molecule has 1 aromatic carbocycles. The summed E-state index contributed by atoms with van der Waals surface area (Å²) in [5.74, 6) is -0.659. The third-order valence-corrected chi connectivity index (χ3v) is 11.6. The van der Waals surface area contributed by atoms with Crippen LogP contribution in [0.1, 0.15) is 70.1 Å². The van der Waals surface area contributed by atoms with E-state index in [4.69, 9.17) is 25.2 Å². The summed E-state index contributed by atoms with van der Waals surface area (Å²) in [6, 6.07) is 2.56. The van der Waals surface area contributed by atoms with Crippen molar-refractivity contribution in [2.45, 2.75) is 96.9 Å². The molecule has 0 radical (unpaired) electrons. The van der Waals surface area contributed by atoms with Crippen LogP contribution in [0.5, 0.6) is 6.01 Å². The molecule has 0 saturated carbocycles. The van der Waals surface area contributed by atoms with E-state index in [1.54, 1.807) is 6.92 Å². The number of thiophene rings is 1. The molecule has 11 nitrogen and oxygen atoms in total. The fraction of sp³-hybridized carbons (Fsp3) is 0.556. The highest BCUT2D eigenvalue weighted by molar-refractivity contribution is 7.23. The van der Waals surface area contributed by atoms with Gasteiger partial charge in [-0.1, -0.05) is 13.8 Å². The molecule has 2 bridgehead atoms. The molecule has 3 N–H and O–H groups in total. The molecule has 4 aliphatic rings. The normalized spacial score (nSPS) is 23.2. The number of nitrogens with two attached hydrogens (primary N) is 1. The number of β-amino-alcohol motifs (C(OH)–C–C–N with tert-alkyl or cyclic N) is 1. The van der Waals surface area contributed by atoms with E-state index in [9.17, 15) is 10.4 Å². The van der Waals surface area contributed by atoms with Crippen molar-refractivity contribution in [3.63, 3.8) is 0 Å². The van der Waals surface area contributed by atoms with Crippen molar-refractivity contribution < 1.29 is 23.4 Å². The second-order valence-corrected chi connectivity index (χ2v) is 14.7. The van der Waals surface area contributed by atoms with Crippen molar-refractivity contribution in [3.8, 4) is 23.3 Å². The van der Waals surface area contributed by atoms with Gasteiger partial charge < -0.3 is 25.2 Å². The molecule has 4 aliphatic heterocycles. The summed E-state index contributed by atoms with van der Waals surface area (Å²) in [7, 11) is 2.08. The highest BCUT2D eigenvalue weighted by Gasteiger charge is 2.43. The average molecular weight is 707 g/mol. The maximum atomic E-state index is 17.4. The molecular weight excluding hydrogens is 663 g/mol. The van der Waals surface area contributed by atoms with Crippen LogP contribution in [0.25, 0.3) is 32.2 Å². The van der Waals surface area contributed by atoms with E-state index in [1.807, 2.05) is 20.8 Å². The number of anilines is 2. The van der Waals surface area contributed by atoms with Crippen LogP contribution in [0, 0.1) is 23.0 Å². The smallest absolute Gasteiger partial charge is 0.319 e. The Morgan fingerprint density at radius 1 is 1.12 bits per heavy atom. The Hall–Kier alpha value is -3.74. The first-order valence-electron chi connectivity index (χ1n) is 17.6. The molecule has 266 valence electrons. The number of hydrogen-bond donors (Lipinski definition) is 2. The second kappa shape index (κ2) is 13.8. The van der Waals surface area contributed by atoms with E-state index < -0.39 is 17.7 Å². The topological polar surface area (TPSA) is 137 Å². The van der Waals surface area contributed by atoms with E-state index in [0.717, 1.165) is 68.4 Å². The summed E-state index contributed by atoms with van der Waals surface area (Å²) in [6.45, 7) is 11.2. The summed E-state index contributed by atoms with van der Waals surface area (Å²) in [6.07, 6.45) is 4.30. The molecule has 3 saturated heterocycles. The van der Waals surface area contributed by atoms with Gasteiger partial charge in [-0.15, -0.1) is 11.3 Å². The predicted octanol–water partition coefficient (Wildman–Crippen LogP) is 5.59. The lowest BCUT2D eigenvalue weighted by molar-refractivity contribution is 0.109. The summed E-state index contributed by atoms with van der Waals surface area (Å²) < 4.78 is 45.0. The highest BCUT2D eigenvalue weighted by atomic mass is 32.1. The van der Waals surface area contributed by atoms with E-state index in [2.05, 4.69) is 32.8 Å². The first-order chi connectivity index (χ1) is 24.1. The highest BCUT2D eigenvalue weighted by Crippen LogP contribution is 2.48. The Bertz CT molecular complexity index is 1970. The van der Waals surface area contributed by atoms with Crippen molar-refractivity contribution >= 4 is 43.1 Å². The van der Waals surface area contributed by atoms with Crippen molar-refractivity contribution in [3.05, 3.63) is 34.5 Å². The summed E-state index contributed by atoms with van der Waals surface area (Å²) in [5, 5.41) is 21.0. The van der Waals surface area contributed by atoms with Gasteiger partial charge in [0.15, 0.2) is 11.6 Å². The minimum absolute atomic E-state index is 0.0673. The van der Waals surface area contributed by atoms with Crippen LogP contribution >= 0.6 is 11.3 Å². The van der Waals surface area contributed by atoms with Crippen molar-refractivity contribution in [1.82, 2.24) is 24.8 Å². The van der Waals surface area contributed by atoms with Crippen molar-refractivity contribution in [2.75, 3.05) is 43.9 Å². The third-order valence-electron chi connectivity index (χ3n) is 10.5. The Kier molecular flexibility index (Phi) is 9.55. The number of nitrogen functional groups attached to an aromatic ring is 1. The van der Waals surface area contributed by atoms with Crippen LogP contribution < -0.4 is 15.4 Å². The molecule has 5 atom stereocenters. The number of nitrogens with zero attached hydrogens (tertiary/aromatic N) is 7. The number of likely N-dealkylation sites (N-methyl/N-ethyl adjacent to an activating group) is 1. The lowest BCUT2D eigenvalue weighted by Gasteiger charge is -2.42. The summed E-state index contributed by atoms with van der Waals surface area (Å²) in [5.41, 5.74) is 7.86. The van der Waals surface area contributed by atoms with Crippen LogP contribution in [-0.2, 0) is 18.0 Å². The van der Waals surface area contributed by atoms with Gasteiger partial charge in [-0.25, -0.2) is 8.78 Å². The third kappa shape index (κ3) is 5.73. The van der Waals surface area contributed by atoms with Crippen LogP contribution in [0.15, 0.2) is 6.20 Å². The molecule has 0 aliphatic carbocycles. The SMILES string of the molecule is CC.CC(O)CN1CC2CCC(C1)N2c1nc(OC(C)C2CCCN2C)nc2c(F)c(-c3ncc(F)c4sc(N)c(C#N)c34)c3c(c12)COC3. The van der Waals surface area contributed by atoms with E-state index in [1.165, 1.54) is 0 Å². The molecule has 50 heavy (non-hydrogen) atoms. The lowest BCUT2D eigenvalue weighted by atomic mass is 9.93. The van der Waals surface area contributed by atoms with Crippen LogP contribution in [0.4, 0.5) is 19.6 Å². The van der Waals surface area contributed by atoms with Crippen LogP contribution in [-0.4, -0.2) is 93.4 Å². The zero-order chi connectivity index (χ0) is 35.4. The maximum absolute atomic E-state index is 17.4. The molecule has 0 spiro atoms. The summed E-state index contributed by atoms with van der Waals surface area (Å²) in [4.78, 5) is 21.1. The van der Waals surface area contributed by atoms with Gasteiger partial charge in [0, 0.05) is 48.7 Å². The number of nitriles is 1. The fourth-order valence-corrected chi connectivity index (χ4v) is 9.42. The number of likely N-dealkylation sites (tertiary alicyclic amines) is 2. The van der Waals surface area contributed by atoms with E-state index >= 15 is 8.78 Å². The largest absolute Gasteiger partial charge is 0.459 e. The van der Waals surface area contributed by atoms with Gasteiger partial charge in [0.1, 0.15) is 28.5 Å². The lowest BCUT2D eigenvalue weighted by Crippen LogP contribution is -2.55. The number of aromatic nitrogens is 3. The second-order valence-electron chi connectivity index (χ2n) is 13.7. The van der Waals surface area contributed by atoms with Gasteiger partial charge in [-0.05, 0) is 64.3 Å². The Morgan fingerprint density at radius 3 is 2.50 bits per heavy atom. The zero-order valence-corrected chi connectivity index (χ0v) is 30.0. The number of pyridine rings is 1. The Balaban J connectivity index is 0.00000193. The van der Waals surface area contributed by atoms with E-state index in [0.29, 0.717) is 23.3 Å². The Morgan fingerprint density at radius 2 is 1.84 bits per heavy atom. The monoisotopic (exact) mass is 706 g/mol. The number of fused-ring (bicyclic) bond motifs is 6. The summed E-state index contributed by atoms with van der Waals surface area (Å²) >= 11 is 0.946. The fourth-order valence-electron chi connectivity index (χ4n) is 8.50. The number of halogens is 2. The number of hydrogen-bond acceptors (Lipinski definition) is 12. The van der Waals surface area contributed by atoms with Gasteiger partial charge in [-0.3, -0.25) is 14.8 Å². The number of benzene rings is 1. The van der Waals surface area contributed by atoms with Crippen LogP contribution in [0.2, 0.25) is 0 Å². The number of piperazine rings is 1. The molecule has 0 amide bonds. The zero-order valence-electron chi connectivity index (χ0n) is 29.2. The Labute approximate surface area is 294 Å². The molecule has 5 unspecified atom stereocenters. The minimum Gasteiger partial charge on any atom is -0.459 e. The quantitative estimate of drug-likeness (QED) is 0.249. The number of rotatable bonds is 7. The number of aliphatic hydroxyl groups is 1. The maximum Gasteiger partial charge on any atom is 0.319 e. The molecule has 3 aromatic heterocycles. The number of ether oxygens (including phenoxy) is 2. The van der Waals surface area contributed by atoms with Crippen molar-refractivity contribution in [1.29, 1.82) is 5.26 Å². The van der Waals surface area contributed by atoms with Gasteiger partial charge in [-0.2, -0.15) is 15.2 Å². The first kappa shape index (κ1) is 34.7. The average Bonchev–Trinajstić information content (AvgIpc) is 3.87. The molecule has 8 rings (SSSR count). The molecule has 14 heteroatoms. The standard InChI is InChI=1S/C34H38F2N8O3S.C2H6/c1-16(45)11-43-12-18-6-7-19(13-43)44(18)33-27-22-15-46-14-21(22)25(29-26-20(9-37)32(38)48-31(26)23(35)10-39-29)28(36)30(27)40-34(41-33)47-17(2)24-5-4-8-42(24)3;1-2/h10,16-19,24,45H,4-8,11-15,38H2,1-3H3;1-2H3. The van der Waals surface area contributed by atoms with E-state index in [-0.39, 0.29) is 80.9 Å². The van der Waals surface area contributed by atoms with Crippen LogP contribution in [0.3, 0.4) is 0 Å². The predicted molar refractivity (Wildman–Crippen MR) is 190 cm³/mol. The molecular formula is C36H44F2N8O3S. The molecule has 7 heterocycles. The van der Waals surface area contributed by atoms with Gasteiger partial charge in [0.2, 0.25) is 0 Å². The number of aliphatic hydroxyl groups excluding tert-OH is 1.